The number of nitrogens with zero attached hydrogens (tertiary/aromatic N) is 2. The van der Waals surface area contributed by atoms with Crippen LogP contribution in [0.15, 0.2) is 271 Å². The number of piperidine rings is 2. The zero-order valence-electron chi connectivity index (χ0n) is 81.1. The molecule has 5 fully saturated rings. The van der Waals surface area contributed by atoms with Crippen LogP contribution in [0.3, 0.4) is 0 Å². The lowest BCUT2D eigenvalue weighted by atomic mass is 9.77. The number of unbranched alkanes of at least 4 members (excludes halogenated alkanes) is 4. The van der Waals surface area contributed by atoms with E-state index in [1.807, 2.05) is 162 Å². The molecule has 718 valence electrons. The molecule has 7 aliphatic rings. The Morgan fingerprint density at radius 3 is 1.21 bits per heavy atom. The number of carbonyl (C=O) groups excluding carboxylic acids is 2. The van der Waals surface area contributed by atoms with E-state index in [0.717, 1.165) is 145 Å². The second kappa shape index (κ2) is 43.5. The maximum Gasteiger partial charge on any atom is 0.494 e. The SMILES string of the molecule is CCCCCC1CCC(c2ccc(C(F)(F)Oc3ccc(-c4ccc5c6c(c(C(=O)OCC)cc5c4)C=CC(c4ccccc4)(c4ccc(N5CCCCC5)cc4)O6)cc3)cc2)CC1.CCCCCC1CCC(c2ccc(C(F)(F)Oc3ccc(B4OC(C)(C)C(C)(C)O4)cc3)cc2)CC1.CCOC(=O)c1cc2cc(Br)ccc2c2c1C=CC(c1ccccc1)(c1ccc(N3CCCCC3)cc1)O2. The summed E-state index contributed by atoms with van der Waals surface area (Å²) >= 11 is 3.58. The first-order valence-electron chi connectivity index (χ1n) is 50.5. The molecule has 0 aromatic heterocycles. The van der Waals surface area contributed by atoms with Crippen molar-refractivity contribution in [2.45, 2.75) is 243 Å². The van der Waals surface area contributed by atoms with E-state index in [1.165, 1.54) is 151 Å². The Labute approximate surface area is 821 Å². The van der Waals surface area contributed by atoms with Gasteiger partial charge < -0.3 is 47.5 Å². The summed E-state index contributed by atoms with van der Waals surface area (Å²) in [5.41, 5.74) is 10.5. The normalized spacial score (nSPS) is 20.5. The van der Waals surface area contributed by atoms with Crippen LogP contribution >= 0.6 is 15.9 Å². The van der Waals surface area contributed by atoms with Gasteiger partial charge in [0.25, 0.3) is 0 Å². The van der Waals surface area contributed by atoms with Crippen LogP contribution < -0.4 is 34.2 Å². The molecule has 5 aliphatic heterocycles. The van der Waals surface area contributed by atoms with Gasteiger partial charge in [0.1, 0.15) is 23.0 Å². The van der Waals surface area contributed by atoms with Crippen molar-refractivity contribution in [3.8, 4) is 34.1 Å². The van der Waals surface area contributed by atoms with E-state index in [0.29, 0.717) is 46.6 Å². The Kier molecular flexibility index (Phi) is 31.0. The van der Waals surface area contributed by atoms with Crippen LogP contribution in [0.2, 0.25) is 0 Å². The van der Waals surface area contributed by atoms with Gasteiger partial charge in [-0.25, -0.2) is 9.59 Å². The van der Waals surface area contributed by atoms with Crippen molar-refractivity contribution in [2.24, 2.45) is 11.8 Å². The molecule has 12 aromatic rings. The quantitative estimate of drug-likeness (QED) is 0.0201. The number of halogens is 5. The molecule has 2 unspecified atom stereocenters. The molecule has 2 saturated carbocycles. The number of rotatable bonds is 28. The standard InChI is InChI=1S/C57H59F2NO4.C33H30BrNO3.C30H41BF2O3/c1-3-5-8-13-40-16-18-41(19-17-40)42-20-25-48(26-21-42)57(58,59)63-50-31-22-43(23-32-50)44-24-33-51-45(38-44)39-53(55(61)62-4-2)52-34-35-56(64-54(51)52,46-14-9-6-10-15-46)47-27-29-49(30-28-47)60-36-11-7-12-37-60;1-2-37-32(36)30-22-23-21-26(34)13-16-28(23)31-29(30)17-18-33(38-31,24-9-5-3-6-10-24)25-11-14-27(15-12-25)35-19-7-4-8-20-35;1-6-7-8-9-22-10-12-23(13-11-22)24-14-16-25(17-15-24)30(32,33)34-27-20-18-26(19-21-27)31-35-28(2,3)29(4,5)36-31/h6,9-10,14-15,20-35,38-41H,3-5,7-8,11-13,16-19,36-37H2,1-2H3;3,5-6,9-18,21-22H,2,4,7-8,19-20H2,1H3;14-23H,6-13H2,1-5H3. The van der Waals surface area contributed by atoms with E-state index in [2.05, 4.69) is 118 Å². The van der Waals surface area contributed by atoms with Gasteiger partial charge in [-0.1, -0.05) is 227 Å². The summed E-state index contributed by atoms with van der Waals surface area (Å²) < 4.78 is 110. The Hall–Kier alpha value is -11.4. The van der Waals surface area contributed by atoms with Gasteiger partial charge >= 0.3 is 31.3 Å². The molecule has 19 rings (SSSR count). The summed E-state index contributed by atoms with van der Waals surface area (Å²) in [7, 11) is -0.538. The minimum absolute atomic E-state index is 0.0695. The number of carbonyl (C=O) groups is 2. The van der Waals surface area contributed by atoms with Crippen LogP contribution in [-0.2, 0) is 42.2 Å². The number of hydrogen-bond acceptors (Lipinski definition) is 12. The zero-order valence-corrected chi connectivity index (χ0v) is 82.7. The highest BCUT2D eigenvalue weighted by Gasteiger charge is 2.52. The van der Waals surface area contributed by atoms with Crippen molar-refractivity contribution >= 4 is 85.5 Å². The van der Waals surface area contributed by atoms with Gasteiger partial charge in [-0.05, 0) is 327 Å². The number of ether oxygens (including phenoxy) is 6. The Bertz CT molecular complexity index is 6180. The third kappa shape index (κ3) is 22.1. The molecule has 0 bridgehead atoms. The number of alkyl halides is 4. The van der Waals surface area contributed by atoms with Gasteiger partial charge in [0.2, 0.25) is 0 Å². The summed E-state index contributed by atoms with van der Waals surface area (Å²) in [5.74, 6) is 3.19. The van der Waals surface area contributed by atoms with Gasteiger partial charge in [0.05, 0.1) is 46.7 Å². The van der Waals surface area contributed by atoms with Gasteiger partial charge in [-0.15, -0.1) is 0 Å². The predicted molar refractivity (Wildman–Crippen MR) is 553 cm³/mol. The number of fused-ring (bicyclic) bond motifs is 6. The van der Waals surface area contributed by atoms with E-state index >= 15 is 8.78 Å². The summed E-state index contributed by atoms with van der Waals surface area (Å²) in [6, 6.07) is 80.5. The Morgan fingerprint density at radius 1 is 0.420 bits per heavy atom. The fraction of sp³-hybridized carbons (Fsp3) is 0.383. The molecule has 138 heavy (non-hydrogen) atoms. The van der Waals surface area contributed by atoms with Crippen LogP contribution in [0.1, 0.15) is 285 Å². The van der Waals surface area contributed by atoms with E-state index in [-0.39, 0.29) is 35.2 Å². The summed E-state index contributed by atoms with van der Waals surface area (Å²) in [6.07, 6.45) is 28.6. The van der Waals surface area contributed by atoms with Crippen molar-refractivity contribution in [1.29, 1.82) is 0 Å². The zero-order chi connectivity index (χ0) is 96.2. The van der Waals surface area contributed by atoms with Crippen molar-refractivity contribution in [3.63, 3.8) is 0 Å². The van der Waals surface area contributed by atoms with Gasteiger partial charge in [0, 0.05) is 86.2 Å². The monoisotopic (exact) mass is 1920 g/mol. The Morgan fingerprint density at radius 2 is 0.804 bits per heavy atom. The minimum Gasteiger partial charge on any atom is -0.472 e. The molecule has 0 spiro atoms. The van der Waals surface area contributed by atoms with E-state index in [4.69, 9.17) is 37.7 Å². The summed E-state index contributed by atoms with van der Waals surface area (Å²) in [6.45, 7) is 20.9. The third-order valence-corrected chi connectivity index (χ3v) is 30.3. The van der Waals surface area contributed by atoms with E-state index < -0.39 is 47.7 Å². The van der Waals surface area contributed by atoms with Crippen molar-refractivity contribution in [2.75, 3.05) is 49.2 Å². The van der Waals surface area contributed by atoms with Gasteiger partial charge in [0.15, 0.2) is 11.2 Å². The third-order valence-electron chi connectivity index (χ3n) is 29.8. The second-order valence-electron chi connectivity index (χ2n) is 39.4. The number of esters is 2. The predicted octanol–water partition coefficient (Wildman–Crippen LogP) is 31.1. The lowest BCUT2D eigenvalue weighted by Crippen LogP contribution is -2.41. The molecule has 2 atom stereocenters. The molecule has 12 nitrogen and oxygen atoms in total. The van der Waals surface area contributed by atoms with Gasteiger partial charge in [-0.3, -0.25) is 0 Å². The molecule has 0 N–H and O–H groups in total. The van der Waals surface area contributed by atoms with E-state index in [1.54, 1.807) is 55.5 Å². The maximum atomic E-state index is 15.6. The second-order valence-corrected chi connectivity index (χ2v) is 40.3. The Balaban J connectivity index is 0.000000153. The summed E-state index contributed by atoms with van der Waals surface area (Å²) in [5, 5.41) is 3.49. The van der Waals surface area contributed by atoms with E-state index in [9.17, 15) is 18.4 Å². The average molecular weight is 1930 g/mol. The topological polar surface area (TPSA) is 114 Å². The first-order chi connectivity index (χ1) is 66.8. The first kappa shape index (κ1) is 98.2. The highest BCUT2D eigenvalue weighted by atomic mass is 79.9. The number of hydrogen-bond donors (Lipinski definition) is 0. The number of anilines is 2. The van der Waals surface area contributed by atoms with Gasteiger partial charge in [-0.2, -0.15) is 17.6 Å². The summed E-state index contributed by atoms with van der Waals surface area (Å²) in [4.78, 5) is 31.5. The van der Waals surface area contributed by atoms with Crippen LogP contribution in [0.4, 0.5) is 28.9 Å². The fourth-order valence-electron chi connectivity index (χ4n) is 21.1. The number of benzene rings is 12. The fourth-order valence-corrected chi connectivity index (χ4v) is 21.5. The van der Waals surface area contributed by atoms with Crippen LogP contribution in [0.25, 0.3) is 44.8 Å². The highest BCUT2D eigenvalue weighted by Crippen LogP contribution is 2.52. The molecule has 2 aliphatic carbocycles. The molecule has 0 amide bonds. The molecule has 12 aromatic carbocycles. The molecule has 18 heteroatoms. The molecule has 5 heterocycles. The minimum atomic E-state index is -3.50. The largest absolute Gasteiger partial charge is 0.494 e. The highest BCUT2D eigenvalue weighted by molar-refractivity contribution is 9.10. The molecular formula is C120H130BBrF4N2O10. The van der Waals surface area contributed by atoms with Crippen molar-refractivity contribution in [1.82, 2.24) is 0 Å². The molecule has 3 saturated heterocycles. The van der Waals surface area contributed by atoms with Crippen LogP contribution in [0, 0.1) is 11.8 Å². The van der Waals surface area contributed by atoms with Crippen molar-refractivity contribution < 1.29 is 64.9 Å². The molecular weight excluding hydrogens is 1800 g/mol. The van der Waals surface area contributed by atoms with Crippen LogP contribution in [-0.4, -0.2) is 69.7 Å². The van der Waals surface area contributed by atoms with Crippen LogP contribution in [0.5, 0.6) is 23.0 Å². The maximum absolute atomic E-state index is 15.6. The smallest absolute Gasteiger partial charge is 0.472 e. The lowest BCUT2D eigenvalue weighted by molar-refractivity contribution is -0.186. The molecule has 0 radical (unpaired) electrons. The lowest BCUT2D eigenvalue weighted by Gasteiger charge is -2.37. The first-order valence-corrected chi connectivity index (χ1v) is 51.3. The van der Waals surface area contributed by atoms with Crippen molar-refractivity contribution in [3.05, 3.63) is 338 Å². The average Bonchev–Trinajstić information content (AvgIpc) is 0.775.